The Morgan fingerprint density at radius 1 is 1.33 bits per heavy atom. The van der Waals surface area contributed by atoms with Crippen molar-refractivity contribution in [3.05, 3.63) is 59.4 Å². The number of hydrogen-bond acceptors (Lipinski definition) is 3. The third kappa shape index (κ3) is 3.41. The van der Waals surface area contributed by atoms with Gasteiger partial charge in [0.05, 0.1) is 5.56 Å². The van der Waals surface area contributed by atoms with Gasteiger partial charge in [-0.1, -0.05) is 11.6 Å². The van der Waals surface area contributed by atoms with Crippen LogP contribution in [0.3, 0.4) is 0 Å². The highest BCUT2D eigenvalue weighted by atomic mass is 35.5. The monoisotopic (exact) mass is 342 g/mol. The molecule has 0 aliphatic heterocycles. The highest BCUT2D eigenvalue weighted by Crippen LogP contribution is 2.24. The van der Waals surface area contributed by atoms with E-state index in [0.717, 1.165) is 29.6 Å². The van der Waals surface area contributed by atoms with E-state index in [-0.39, 0.29) is 5.91 Å². The molecule has 0 bridgehead atoms. The number of imidazole rings is 1. The van der Waals surface area contributed by atoms with Crippen LogP contribution in [0.5, 0.6) is 0 Å². The summed E-state index contributed by atoms with van der Waals surface area (Å²) in [5, 5.41) is 2.30. The number of halogens is 1. The smallest absolute Gasteiger partial charge is 0.254 e. The van der Waals surface area contributed by atoms with Gasteiger partial charge in [0, 0.05) is 55.3 Å². The Morgan fingerprint density at radius 2 is 2.17 bits per heavy atom. The number of carbonyl (C=O) groups excluding carboxylic acids is 1. The number of fused-ring (bicyclic) bond motifs is 1. The molecule has 0 radical (unpaired) electrons. The second kappa shape index (κ2) is 7.01. The van der Waals surface area contributed by atoms with Gasteiger partial charge in [0.15, 0.2) is 0 Å². The maximum Gasteiger partial charge on any atom is 0.254 e. The number of hydrogen-bond donors (Lipinski definition) is 0. The summed E-state index contributed by atoms with van der Waals surface area (Å²) in [4.78, 5) is 22.8. The van der Waals surface area contributed by atoms with Crippen molar-refractivity contribution in [1.29, 1.82) is 0 Å². The lowest BCUT2D eigenvalue weighted by atomic mass is 10.1. The summed E-state index contributed by atoms with van der Waals surface area (Å²) in [5.41, 5.74) is 0.590. The average Bonchev–Trinajstić information content (AvgIpc) is 2.98. The molecule has 0 unspecified atom stereocenters. The van der Waals surface area contributed by atoms with Crippen LogP contribution in [0, 0.1) is 6.92 Å². The van der Waals surface area contributed by atoms with Crippen LogP contribution in [0.1, 0.15) is 22.6 Å². The summed E-state index contributed by atoms with van der Waals surface area (Å²) in [6.45, 7) is 3.46. The maximum atomic E-state index is 12.8. The van der Waals surface area contributed by atoms with Crippen molar-refractivity contribution in [1.82, 2.24) is 19.4 Å². The summed E-state index contributed by atoms with van der Waals surface area (Å²) in [5.74, 6) is 0.939. The van der Waals surface area contributed by atoms with Crippen molar-refractivity contribution < 1.29 is 4.79 Å². The van der Waals surface area contributed by atoms with Gasteiger partial charge in [0.1, 0.15) is 5.82 Å². The fourth-order valence-corrected chi connectivity index (χ4v) is 2.99. The van der Waals surface area contributed by atoms with E-state index in [1.165, 1.54) is 0 Å². The molecule has 6 heteroatoms. The van der Waals surface area contributed by atoms with Gasteiger partial charge in [-0.25, -0.2) is 4.98 Å². The zero-order valence-corrected chi connectivity index (χ0v) is 14.5. The van der Waals surface area contributed by atoms with Crippen LogP contribution < -0.4 is 0 Å². The van der Waals surface area contributed by atoms with E-state index >= 15 is 0 Å². The molecule has 0 atom stereocenters. The normalized spacial score (nSPS) is 11.0. The van der Waals surface area contributed by atoms with Crippen molar-refractivity contribution in [2.45, 2.75) is 19.9 Å². The Morgan fingerprint density at radius 3 is 2.92 bits per heavy atom. The molecular weight excluding hydrogens is 324 g/mol. The van der Waals surface area contributed by atoms with Crippen molar-refractivity contribution in [3.8, 4) is 0 Å². The first-order valence-corrected chi connectivity index (χ1v) is 8.20. The van der Waals surface area contributed by atoms with Gasteiger partial charge in [-0.05, 0) is 36.9 Å². The van der Waals surface area contributed by atoms with Gasteiger partial charge < -0.3 is 9.47 Å². The van der Waals surface area contributed by atoms with Crippen LogP contribution >= 0.6 is 11.6 Å². The van der Waals surface area contributed by atoms with E-state index < -0.39 is 0 Å². The van der Waals surface area contributed by atoms with E-state index in [1.54, 1.807) is 29.6 Å². The van der Waals surface area contributed by atoms with Crippen LogP contribution in [0.2, 0.25) is 5.02 Å². The number of carbonyl (C=O) groups is 1. The second-order valence-electron chi connectivity index (χ2n) is 5.80. The molecule has 2 heterocycles. The third-order valence-corrected chi connectivity index (χ3v) is 4.33. The van der Waals surface area contributed by atoms with Gasteiger partial charge >= 0.3 is 0 Å². The number of amides is 1. The zero-order valence-electron chi connectivity index (χ0n) is 13.7. The molecule has 0 spiro atoms. The summed E-state index contributed by atoms with van der Waals surface area (Å²) < 4.78 is 2.08. The Bertz CT molecular complexity index is 874. The summed E-state index contributed by atoms with van der Waals surface area (Å²) in [6.07, 6.45) is 8.00. The predicted molar refractivity (Wildman–Crippen MR) is 95.3 cm³/mol. The van der Waals surface area contributed by atoms with Crippen LogP contribution in [0.15, 0.2) is 43.0 Å². The largest absolute Gasteiger partial charge is 0.342 e. The number of aryl methyl sites for hydroxylation is 2. The highest BCUT2D eigenvalue weighted by molar-refractivity contribution is 6.32. The Balaban J connectivity index is 1.73. The minimum atomic E-state index is -0.0437. The molecule has 0 aliphatic rings. The second-order valence-corrected chi connectivity index (χ2v) is 6.23. The molecule has 3 rings (SSSR count). The number of aromatic nitrogens is 3. The van der Waals surface area contributed by atoms with Crippen molar-refractivity contribution >= 4 is 28.3 Å². The molecule has 3 aromatic rings. The van der Waals surface area contributed by atoms with E-state index in [9.17, 15) is 4.79 Å². The molecule has 0 aliphatic carbocycles. The first-order chi connectivity index (χ1) is 11.6. The van der Waals surface area contributed by atoms with Gasteiger partial charge in [-0.2, -0.15) is 0 Å². The lowest BCUT2D eigenvalue weighted by Crippen LogP contribution is -2.28. The molecular formula is C18H19ClN4O. The Hall–Kier alpha value is -2.40. The minimum Gasteiger partial charge on any atom is -0.342 e. The first-order valence-electron chi connectivity index (χ1n) is 7.83. The zero-order chi connectivity index (χ0) is 17.1. The first kappa shape index (κ1) is 16.5. The van der Waals surface area contributed by atoms with E-state index in [0.29, 0.717) is 17.1 Å². The maximum absolute atomic E-state index is 12.8. The lowest BCUT2D eigenvalue weighted by molar-refractivity contribution is 0.0794. The number of nitrogens with zero attached hydrogens (tertiary/aromatic N) is 4. The predicted octanol–water partition coefficient (Wildman–Crippen LogP) is 3.56. The molecule has 0 N–H and O–H groups in total. The van der Waals surface area contributed by atoms with Gasteiger partial charge in [0.2, 0.25) is 0 Å². The Kier molecular flexibility index (Phi) is 4.81. The van der Waals surface area contributed by atoms with Gasteiger partial charge in [0.25, 0.3) is 5.91 Å². The lowest BCUT2D eigenvalue weighted by Gasteiger charge is -2.19. The molecule has 0 fully saturated rings. The molecule has 0 saturated carbocycles. The SMILES string of the molecule is Cc1nccn1CCCN(C)C(=O)c1cc(Cl)cc2ccncc12. The third-order valence-electron chi connectivity index (χ3n) is 4.11. The highest BCUT2D eigenvalue weighted by Gasteiger charge is 2.16. The summed E-state index contributed by atoms with van der Waals surface area (Å²) in [7, 11) is 1.81. The fourth-order valence-electron chi connectivity index (χ4n) is 2.76. The topological polar surface area (TPSA) is 51.0 Å². The number of benzene rings is 1. The van der Waals surface area contributed by atoms with Crippen LogP contribution in [-0.2, 0) is 6.54 Å². The Labute approximate surface area is 145 Å². The molecule has 0 saturated heterocycles. The molecule has 1 aromatic carbocycles. The summed E-state index contributed by atoms with van der Waals surface area (Å²) >= 11 is 6.16. The standard InChI is InChI=1S/C18H19ClN4O/c1-13-21-6-9-23(13)8-3-7-22(2)18(24)16-11-15(19)10-14-4-5-20-12-17(14)16/h4-6,9-12H,3,7-8H2,1-2H3. The quantitative estimate of drug-likeness (QED) is 0.712. The molecule has 24 heavy (non-hydrogen) atoms. The number of pyridine rings is 1. The molecule has 124 valence electrons. The van der Waals surface area contributed by atoms with E-state index in [1.807, 2.05) is 32.3 Å². The van der Waals surface area contributed by atoms with Crippen molar-refractivity contribution in [2.75, 3.05) is 13.6 Å². The molecule has 5 nitrogen and oxygen atoms in total. The van der Waals surface area contributed by atoms with Crippen molar-refractivity contribution in [2.24, 2.45) is 0 Å². The van der Waals surface area contributed by atoms with Crippen LogP contribution in [0.4, 0.5) is 0 Å². The average molecular weight is 343 g/mol. The van der Waals surface area contributed by atoms with Crippen molar-refractivity contribution in [3.63, 3.8) is 0 Å². The van der Waals surface area contributed by atoms with Gasteiger partial charge in [-0.15, -0.1) is 0 Å². The summed E-state index contributed by atoms with van der Waals surface area (Å²) in [6, 6.07) is 5.42. The minimum absolute atomic E-state index is 0.0437. The molecule has 1 amide bonds. The number of rotatable bonds is 5. The molecule has 2 aromatic heterocycles. The van der Waals surface area contributed by atoms with E-state index in [4.69, 9.17) is 11.6 Å². The van der Waals surface area contributed by atoms with Crippen LogP contribution in [-0.4, -0.2) is 38.9 Å². The van der Waals surface area contributed by atoms with Gasteiger partial charge in [-0.3, -0.25) is 9.78 Å². The fraction of sp³-hybridized carbons (Fsp3) is 0.278. The van der Waals surface area contributed by atoms with Crippen LogP contribution in [0.25, 0.3) is 10.8 Å². The van der Waals surface area contributed by atoms with E-state index in [2.05, 4.69) is 14.5 Å².